The van der Waals surface area contributed by atoms with Crippen LogP contribution in [0.25, 0.3) is 10.9 Å². The fourth-order valence-electron chi connectivity index (χ4n) is 4.46. The number of para-hydroxylation sites is 1. The SMILES string of the molecule is CCN(CC)CCCN(Cc1cc2cc3c(cc2[nH]c1=O)OCCO3)C(=S)Nc1ccccc1C(=O)OC. The Bertz CT molecular complexity index is 1350. The Labute approximate surface area is 227 Å². The third kappa shape index (κ3) is 6.43. The summed E-state index contributed by atoms with van der Waals surface area (Å²) in [6.07, 6.45) is 0.853. The van der Waals surface area contributed by atoms with Gasteiger partial charge in [-0.25, -0.2) is 4.79 Å². The highest BCUT2D eigenvalue weighted by molar-refractivity contribution is 7.80. The first-order chi connectivity index (χ1) is 18.4. The van der Waals surface area contributed by atoms with Gasteiger partial charge in [-0.2, -0.15) is 0 Å². The minimum absolute atomic E-state index is 0.194. The number of nitrogens with zero attached hydrogens (tertiary/aromatic N) is 2. The molecular weight excluding hydrogens is 504 g/mol. The Morgan fingerprint density at radius 3 is 2.50 bits per heavy atom. The highest BCUT2D eigenvalue weighted by Gasteiger charge is 2.19. The number of esters is 1. The Hall–Kier alpha value is -3.63. The zero-order chi connectivity index (χ0) is 27.1. The van der Waals surface area contributed by atoms with Crippen molar-refractivity contribution in [2.45, 2.75) is 26.8 Å². The van der Waals surface area contributed by atoms with Crippen molar-refractivity contribution in [2.24, 2.45) is 0 Å². The molecule has 10 heteroatoms. The van der Waals surface area contributed by atoms with E-state index in [1.165, 1.54) is 7.11 Å². The minimum atomic E-state index is -0.454. The smallest absolute Gasteiger partial charge is 0.339 e. The Morgan fingerprint density at radius 1 is 1.08 bits per heavy atom. The summed E-state index contributed by atoms with van der Waals surface area (Å²) >= 11 is 5.79. The van der Waals surface area contributed by atoms with Crippen LogP contribution in [0.4, 0.5) is 5.69 Å². The van der Waals surface area contributed by atoms with E-state index in [-0.39, 0.29) is 5.56 Å². The van der Waals surface area contributed by atoms with Gasteiger partial charge in [-0.3, -0.25) is 4.79 Å². The summed E-state index contributed by atoms with van der Waals surface area (Å²) in [5, 5.41) is 4.47. The fraction of sp³-hybridized carbons (Fsp3) is 0.393. The highest BCUT2D eigenvalue weighted by Crippen LogP contribution is 2.33. The van der Waals surface area contributed by atoms with E-state index in [0.717, 1.165) is 31.4 Å². The lowest BCUT2D eigenvalue weighted by Crippen LogP contribution is -2.38. The normalized spacial score (nSPS) is 12.4. The predicted molar refractivity (Wildman–Crippen MR) is 152 cm³/mol. The van der Waals surface area contributed by atoms with Crippen LogP contribution in [0.5, 0.6) is 11.5 Å². The van der Waals surface area contributed by atoms with E-state index in [0.29, 0.717) is 65.2 Å². The molecule has 1 aliphatic rings. The van der Waals surface area contributed by atoms with Crippen LogP contribution in [0.1, 0.15) is 36.2 Å². The molecule has 0 bridgehead atoms. The number of nitrogens with one attached hydrogen (secondary N) is 2. The average Bonchev–Trinajstić information content (AvgIpc) is 2.93. The molecule has 0 atom stereocenters. The van der Waals surface area contributed by atoms with Crippen molar-refractivity contribution in [1.29, 1.82) is 0 Å². The first kappa shape index (κ1) is 27.4. The first-order valence-electron chi connectivity index (χ1n) is 12.8. The third-order valence-corrected chi connectivity index (χ3v) is 6.96. The number of carbonyl (C=O) groups excluding carboxylic acids is 1. The van der Waals surface area contributed by atoms with Gasteiger partial charge in [0, 0.05) is 23.6 Å². The predicted octanol–water partition coefficient (Wildman–Crippen LogP) is 4.02. The quantitative estimate of drug-likeness (QED) is 0.293. The molecule has 1 aliphatic heterocycles. The number of anilines is 1. The van der Waals surface area contributed by atoms with Gasteiger partial charge >= 0.3 is 5.97 Å². The lowest BCUT2D eigenvalue weighted by molar-refractivity contribution is 0.0602. The number of rotatable bonds is 10. The van der Waals surface area contributed by atoms with Gasteiger partial charge in [0.25, 0.3) is 5.56 Å². The van der Waals surface area contributed by atoms with Crippen molar-refractivity contribution in [3.8, 4) is 11.5 Å². The molecule has 0 saturated heterocycles. The number of benzene rings is 2. The number of fused-ring (bicyclic) bond motifs is 2. The molecule has 0 spiro atoms. The molecule has 38 heavy (non-hydrogen) atoms. The van der Waals surface area contributed by atoms with E-state index in [1.807, 2.05) is 23.1 Å². The molecule has 0 aliphatic carbocycles. The van der Waals surface area contributed by atoms with Crippen LogP contribution >= 0.6 is 12.2 Å². The van der Waals surface area contributed by atoms with Crippen LogP contribution in [0.15, 0.2) is 47.3 Å². The summed E-state index contributed by atoms with van der Waals surface area (Å²) in [6.45, 7) is 9.00. The van der Waals surface area contributed by atoms with Crippen LogP contribution < -0.4 is 20.3 Å². The number of methoxy groups -OCH3 is 1. The number of H-pyrrole nitrogens is 1. The fourth-order valence-corrected chi connectivity index (χ4v) is 4.73. The topological polar surface area (TPSA) is 96.1 Å². The summed E-state index contributed by atoms with van der Waals surface area (Å²) < 4.78 is 16.3. The summed E-state index contributed by atoms with van der Waals surface area (Å²) in [5.74, 6) is 0.832. The van der Waals surface area contributed by atoms with Crippen LogP contribution in [-0.4, -0.2) is 72.4 Å². The van der Waals surface area contributed by atoms with E-state index in [2.05, 4.69) is 29.0 Å². The number of thiocarbonyl (C=S) groups is 1. The second-order valence-electron chi connectivity index (χ2n) is 8.98. The van der Waals surface area contributed by atoms with Gasteiger partial charge < -0.3 is 34.3 Å². The van der Waals surface area contributed by atoms with E-state index in [1.54, 1.807) is 24.3 Å². The zero-order valence-corrected chi connectivity index (χ0v) is 22.9. The molecule has 0 amide bonds. The molecule has 2 aromatic carbocycles. The average molecular weight is 539 g/mol. The number of aromatic nitrogens is 1. The van der Waals surface area contributed by atoms with Gasteiger partial charge in [-0.05, 0) is 62.5 Å². The number of hydrogen-bond donors (Lipinski definition) is 2. The molecule has 0 unspecified atom stereocenters. The number of carbonyl (C=O) groups is 1. The number of hydrogen-bond acceptors (Lipinski definition) is 7. The summed E-state index contributed by atoms with van der Waals surface area (Å²) in [7, 11) is 1.34. The monoisotopic (exact) mass is 538 g/mol. The van der Waals surface area contributed by atoms with Gasteiger partial charge in [0.2, 0.25) is 0 Å². The number of pyridine rings is 1. The third-order valence-electron chi connectivity index (χ3n) is 6.60. The van der Waals surface area contributed by atoms with Crippen molar-refractivity contribution >= 4 is 39.9 Å². The molecule has 0 fully saturated rings. The molecule has 4 rings (SSSR count). The van der Waals surface area contributed by atoms with Crippen LogP contribution in [-0.2, 0) is 11.3 Å². The van der Waals surface area contributed by atoms with Crippen LogP contribution in [0, 0.1) is 0 Å². The second kappa shape index (κ2) is 12.7. The molecule has 9 nitrogen and oxygen atoms in total. The number of ether oxygens (including phenoxy) is 3. The van der Waals surface area contributed by atoms with Crippen LogP contribution in [0.3, 0.4) is 0 Å². The molecular formula is C28H34N4O5S. The van der Waals surface area contributed by atoms with Gasteiger partial charge in [-0.1, -0.05) is 26.0 Å². The standard InChI is InChI=1S/C28H34N4O5S/c1-4-31(5-2)11-8-12-32(28(38)30-22-10-7-6-9-21(22)27(34)35-3)18-20-15-19-16-24-25(37-14-13-36-24)17-23(19)29-26(20)33/h6-7,9-10,15-17H,4-5,8,11-14,18H2,1-3H3,(H,29,33)(H,30,38). The van der Waals surface area contributed by atoms with E-state index in [9.17, 15) is 9.59 Å². The van der Waals surface area contributed by atoms with Crippen molar-refractivity contribution in [3.63, 3.8) is 0 Å². The van der Waals surface area contributed by atoms with Crippen molar-refractivity contribution in [1.82, 2.24) is 14.8 Å². The maximum Gasteiger partial charge on any atom is 0.339 e. The molecule has 0 radical (unpaired) electrons. The Balaban J connectivity index is 1.60. The second-order valence-corrected chi connectivity index (χ2v) is 9.36. The molecule has 2 heterocycles. The highest BCUT2D eigenvalue weighted by atomic mass is 32.1. The number of aromatic amines is 1. The lowest BCUT2D eigenvalue weighted by Gasteiger charge is -2.28. The van der Waals surface area contributed by atoms with Crippen molar-refractivity contribution in [2.75, 3.05) is 51.8 Å². The Morgan fingerprint density at radius 2 is 1.79 bits per heavy atom. The van der Waals surface area contributed by atoms with Gasteiger partial charge in [0.15, 0.2) is 16.6 Å². The maximum absolute atomic E-state index is 13.1. The summed E-state index contributed by atoms with van der Waals surface area (Å²) in [5.41, 5.74) is 2.00. The summed E-state index contributed by atoms with van der Waals surface area (Å²) in [4.78, 5) is 32.6. The van der Waals surface area contributed by atoms with Crippen LogP contribution in [0.2, 0.25) is 0 Å². The first-order valence-corrected chi connectivity index (χ1v) is 13.3. The van der Waals surface area contributed by atoms with Crippen molar-refractivity contribution in [3.05, 3.63) is 63.9 Å². The van der Waals surface area contributed by atoms with Gasteiger partial charge in [0.05, 0.1) is 30.4 Å². The lowest BCUT2D eigenvalue weighted by atomic mass is 10.1. The molecule has 0 saturated carbocycles. The molecule has 2 N–H and O–H groups in total. The van der Waals surface area contributed by atoms with Crippen molar-refractivity contribution < 1.29 is 19.0 Å². The molecule has 202 valence electrons. The van der Waals surface area contributed by atoms with E-state index in [4.69, 9.17) is 26.4 Å². The van der Waals surface area contributed by atoms with E-state index >= 15 is 0 Å². The minimum Gasteiger partial charge on any atom is -0.486 e. The van der Waals surface area contributed by atoms with Gasteiger partial charge in [0.1, 0.15) is 13.2 Å². The zero-order valence-electron chi connectivity index (χ0n) is 22.0. The Kier molecular flexibility index (Phi) is 9.19. The van der Waals surface area contributed by atoms with Gasteiger partial charge in [-0.15, -0.1) is 0 Å². The summed E-state index contributed by atoms with van der Waals surface area (Å²) in [6, 6.07) is 12.6. The maximum atomic E-state index is 13.1. The molecule has 1 aromatic heterocycles. The van der Waals surface area contributed by atoms with E-state index < -0.39 is 5.97 Å². The largest absolute Gasteiger partial charge is 0.486 e. The molecule has 3 aromatic rings.